The van der Waals surface area contributed by atoms with Crippen molar-refractivity contribution in [3.05, 3.63) is 29.8 Å². The van der Waals surface area contributed by atoms with Crippen molar-refractivity contribution >= 4 is 11.9 Å². The summed E-state index contributed by atoms with van der Waals surface area (Å²) in [7, 11) is 0. The molecule has 1 aromatic carbocycles. The van der Waals surface area contributed by atoms with E-state index in [2.05, 4.69) is 55.0 Å². The van der Waals surface area contributed by atoms with Crippen LogP contribution in [0.15, 0.2) is 29.3 Å². The number of benzene rings is 1. The van der Waals surface area contributed by atoms with Gasteiger partial charge in [0.05, 0.1) is 6.54 Å². The summed E-state index contributed by atoms with van der Waals surface area (Å²) in [6.45, 7) is 15.4. The summed E-state index contributed by atoms with van der Waals surface area (Å²) >= 11 is 0. The van der Waals surface area contributed by atoms with E-state index in [-0.39, 0.29) is 11.3 Å². The Balaban J connectivity index is 1.84. The fourth-order valence-corrected chi connectivity index (χ4v) is 3.03. The molecule has 0 spiro atoms. The molecule has 2 rings (SSSR count). The van der Waals surface area contributed by atoms with Crippen LogP contribution in [-0.2, 0) is 10.2 Å². The molecule has 6 nitrogen and oxygen atoms in total. The number of hydrogen-bond acceptors (Lipinski definition) is 3. The van der Waals surface area contributed by atoms with Gasteiger partial charge in [0.15, 0.2) is 5.96 Å². The average Bonchev–Trinajstić information content (AvgIpc) is 2.64. The van der Waals surface area contributed by atoms with Crippen LogP contribution in [0.3, 0.4) is 0 Å². The molecule has 1 saturated heterocycles. The SMILES string of the molecule is CCNC(=NCCOc1ccc(C(C)(C)C)cc1)N1CCN(C(C)=O)CC1. The Kier molecular flexibility index (Phi) is 7.51. The van der Waals surface area contributed by atoms with Crippen molar-refractivity contribution in [2.45, 2.75) is 40.0 Å². The highest BCUT2D eigenvalue weighted by Gasteiger charge is 2.20. The van der Waals surface area contributed by atoms with Gasteiger partial charge < -0.3 is 19.9 Å². The third kappa shape index (κ3) is 6.45. The number of rotatable bonds is 5. The average molecular weight is 375 g/mol. The first-order valence-electron chi connectivity index (χ1n) is 9.83. The van der Waals surface area contributed by atoms with Crippen molar-refractivity contribution in [1.29, 1.82) is 0 Å². The second-order valence-electron chi connectivity index (χ2n) is 7.85. The maximum absolute atomic E-state index is 11.5. The first kappa shape index (κ1) is 21.1. The molecule has 1 aliphatic heterocycles. The molecule has 0 radical (unpaired) electrons. The highest BCUT2D eigenvalue weighted by Crippen LogP contribution is 2.24. The minimum atomic E-state index is 0.141. The molecule has 150 valence electrons. The summed E-state index contributed by atoms with van der Waals surface area (Å²) in [6.07, 6.45) is 0. The van der Waals surface area contributed by atoms with Gasteiger partial charge in [0, 0.05) is 39.6 Å². The number of carbonyl (C=O) groups excluding carboxylic acids is 1. The highest BCUT2D eigenvalue weighted by molar-refractivity contribution is 5.80. The first-order valence-corrected chi connectivity index (χ1v) is 9.83. The zero-order valence-electron chi connectivity index (χ0n) is 17.4. The van der Waals surface area contributed by atoms with Crippen LogP contribution in [0.1, 0.15) is 40.2 Å². The minimum absolute atomic E-state index is 0.141. The zero-order valence-corrected chi connectivity index (χ0v) is 17.4. The molecule has 0 atom stereocenters. The van der Waals surface area contributed by atoms with Gasteiger partial charge in [-0.3, -0.25) is 4.79 Å². The number of aliphatic imine (C=N–C) groups is 1. The van der Waals surface area contributed by atoms with E-state index in [9.17, 15) is 4.79 Å². The largest absolute Gasteiger partial charge is 0.492 e. The van der Waals surface area contributed by atoms with Gasteiger partial charge in [-0.25, -0.2) is 4.99 Å². The van der Waals surface area contributed by atoms with Gasteiger partial charge >= 0.3 is 0 Å². The molecule has 0 bridgehead atoms. The lowest BCUT2D eigenvalue weighted by atomic mass is 9.87. The molecule has 1 N–H and O–H groups in total. The van der Waals surface area contributed by atoms with Crippen LogP contribution in [0.25, 0.3) is 0 Å². The van der Waals surface area contributed by atoms with E-state index in [0.29, 0.717) is 13.2 Å². The van der Waals surface area contributed by atoms with Crippen LogP contribution in [0.4, 0.5) is 0 Å². The Morgan fingerprint density at radius 1 is 1.11 bits per heavy atom. The quantitative estimate of drug-likeness (QED) is 0.489. The van der Waals surface area contributed by atoms with Gasteiger partial charge in [-0.2, -0.15) is 0 Å². The van der Waals surface area contributed by atoms with Gasteiger partial charge in [-0.1, -0.05) is 32.9 Å². The first-order chi connectivity index (χ1) is 12.8. The van der Waals surface area contributed by atoms with E-state index in [1.807, 2.05) is 17.0 Å². The second kappa shape index (κ2) is 9.62. The summed E-state index contributed by atoms with van der Waals surface area (Å²) in [5.74, 6) is 1.91. The molecule has 1 heterocycles. The standard InChI is InChI=1S/C21H34N4O2/c1-6-22-20(25-14-12-24(13-15-25)17(2)26)23-11-16-27-19-9-7-18(8-10-19)21(3,4)5/h7-10H,6,11-16H2,1-5H3,(H,22,23). The van der Waals surface area contributed by atoms with Crippen molar-refractivity contribution in [2.24, 2.45) is 4.99 Å². The molecule has 6 heteroatoms. The molecule has 0 unspecified atom stereocenters. The summed E-state index contributed by atoms with van der Waals surface area (Å²) in [5, 5.41) is 3.34. The maximum Gasteiger partial charge on any atom is 0.219 e. The normalized spacial score (nSPS) is 15.7. The van der Waals surface area contributed by atoms with Crippen molar-refractivity contribution in [2.75, 3.05) is 45.9 Å². The molecule has 27 heavy (non-hydrogen) atoms. The number of nitrogens with zero attached hydrogens (tertiary/aromatic N) is 3. The molecule has 1 aliphatic rings. The van der Waals surface area contributed by atoms with E-state index < -0.39 is 0 Å². The Morgan fingerprint density at radius 2 is 1.70 bits per heavy atom. The molecule has 0 saturated carbocycles. The molecule has 0 aliphatic carbocycles. The summed E-state index contributed by atoms with van der Waals surface area (Å²) in [4.78, 5) is 20.2. The van der Waals surface area contributed by atoms with E-state index in [1.54, 1.807) is 6.92 Å². The van der Waals surface area contributed by atoms with Crippen LogP contribution in [0.2, 0.25) is 0 Å². The molecule has 1 amide bonds. The van der Waals surface area contributed by atoms with Crippen LogP contribution in [0.5, 0.6) is 5.75 Å². The number of piperazine rings is 1. The molecular weight excluding hydrogens is 340 g/mol. The highest BCUT2D eigenvalue weighted by atomic mass is 16.5. The van der Waals surface area contributed by atoms with Crippen LogP contribution in [-0.4, -0.2) is 67.5 Å². The third-order valence-electron chi connectivity index (χ3n) is 4.70. The number of ether oxygens (including phenoxy) is 1. The number of carbonyl (C=O) groups is 1. The summed E-state index contributed by atoms with van der Waals surface area (Å²) in [6, 6.07) is 8.29. The molecule has 1 fully saturated rings. The van der Waals surface area contributed by atoms with Crippen molar-refractivity contribution in [3.63, 3.8) is 0 Å². The van der Waals surface area contributed by atoms with Gasteiger partial charge in [0.25, 0.3) is 0 Å². The number of amides is 1. The van der Waals surface area contributed by atoms with Gasteiger partial charge in [0.1, 0.15) is 12.4 Å². The van der Waals surface area contributed by atoms with E-state index in [0.717, 1.165) is 44.4 Å². The lowest BCUT2D eigenvalue weighted by molar-refractivity contribution is -0.130. The fourth-order valence-electron chi connectivity index (χ4n) is 3.03. The number of guanidine groups is 1. The minimum Gasteiger partial charge on any atom is -0.492 e. The second-order valence-corrected chi connectivity index (χ2v) is 7.85. The maximum atomic E-state index is 11.5. The summed E-state index contributed by atoms with van der Waals surface area (Å²) in [5.41, 5.74) is 1.45. The Hall–Kier alpha value is -2.24. The Labute approximate surface area is 163 Å². The molecular formula is C21H34N4O2. The molecule has 1 aromatic rings. The van der Waals surface area contributed by atoms with Crippen LogP contribution in [0, 0.1) is 0 Å². The van der Waals surface area contributed by atoms with E-state index in [1.165, 1.54) is 5.56 Å². The van der Waals surface area contributed by atoms with Crippen molar-refractivity contribution in [3.8, 4) is 5.75 Å². The van der Waals surface area contributed by atoms with Crippen molar-refractivity contribution in [1.82, 2.24) is 15.1 Å². The number of nitrogens with one attached hydrogen (secondary N) is 1. The fraction of sp³-hybridized carbons (Fsp3) is 0.619. The molecule has 0 aromatic heterocycles. The Bertz CT molecular complexity index is 627. The third-order valence-corrected chi connectivity index (χ3v) is 4.70. The van der Waals surface area contributed by atoms with E-state index in [4.69, 9.17) is 4.74 Å². The predicted octanol–water partition coefficient (Wildman–Crippen LogP) is 2.49. The zero-order chi connectivity index (χ0) is 19.9. The number of hydrogen-bond donors (Lipinski definition) is 1. The van der Waals surface area contributed by atoms with Crippen molar-refractivity contribution < 1.29 is 9.53 Å². The monoisotopic (exact) mass is 374 g/mol. The van der Waals surface area contributed by atoms with E-state index >= 15 is 0 Å². The predicted molar refractivity (Wildman–Crippen MR) is 110 cm³/mol. The van der Waals surface area contributed by atoms with Crippen LogP contribution < -0.4 is 10.1 Å². The van der Waals surface area contributed by atoms with Gasteiger partial charge in [-0.05, 0) is 30.0 Å². The smallest absolute Gasteiger partial charge is 0.219 e. The lowest BCUT2D eigenvalue weighted by Crippen LogP contribution is -2.53. The van der Waals surface area contributed by atoms with Gasteiger partial charge in [-0.15, -0.1) is 0 Å². The summed E-state index contributed by atoms with van der Waals surface area (Å²) < 4.78 is 5.83. The Morgan fingerprint density at radius 3 is 2.22 bits per heavy atom. The topological polar surface area (TPSA) is 57.2 Å². The van der Waals surface area contributed by atoms with Crippen LogP contribution >= 0.6 is 0 Å². The lowest BCUT2D eigenvalue weighted by Gasteiger charge is -2.36. The van der Waals surface area contributed by atoms with Gasteiger partial charge in [0.2, 0.25) is 5.91 Å².